The Hall–Kier alpha value is 0.270. The molecule has 62 valence electrons. The van der Waals surface area contributed by atoms with E-state index in [-0.39, 0.29) is 0 Å². The molecule has 1 heterocycles. The van der Waals surface area contributed by atoms with Crippen molar-refractivity contribution in [3.63, 3.8) is 0 Å². The predicted molar refractivity (Wildman–Crippen MR) is 53.6 cm³/mol. The van der Waals surface area contributed by atoms with Crippen molar-refractivity contribution in [3.8, 4) is 0 Å². The Labute approximate surface area is 80.2 Å². The third-order valence-corrected chi connectivity index (χ3v) is 4.03. The van der Waals surface area contributed by atoms with Crippen molar-refractivity contribution in [1.82, 2.24) is 4.98 Å². The normalized spacial score (nSPS) is 13.3. The average Bonchev–Trinajstić information content (AvgIpc) is 2.52. The van der Waals surface area contributed by atoms with Crippen LogP contribution in [0.1, 0.15) is 11.8 Å². The summed E-state index contributed by atoms with van der Waals surface area (Å²) in [6.45, 7) is 2.14. The molecule has 1 unspecified atom stereocenters. The Bertz CT molecular complexity index is 188. The lowest BCUT2D eigenvalue weighted by molar-refractivity contribution is 1.12. The maximum absolute atomic E-state index is 5.66. The van der Waals surface area contributed by atoms with E-state index in [4.69, 9.17) is 11.6 Å². The van der Waals surface area contributed by atoms with Crippen LogP contribution in [-0.2, 0) is 5.75 Å². The number of halogens is 1. The molecule has 1 rings (SSSR count). The van der Waals surface area contributed by atoms with Crippen LogP contribution >= 0.6 is 34.7 Å². The lowest BCUT2D eigenvalue weighted by atomic mass is 10.6. The molecule has 0 N–H and O–H groups in total. The summed E-state index contributed by atoms with van der Waals surface area (Å²) >= 11 is 9.23. The fourth-order valence-electron chi connectivity index (χ4n) is 0.582. The van der Waals surface area contributed by atoms with Crippen LogP contribution in [0.4, 0.5) is 0 Å². The lowest BCUT2D eigenvalue weighted by Crippen LogP contribution is -1.96. The number of alkyl halides is 1. The molecule has 0 spiro atoms. The van der Waals surface area contributed by atoms with Gasteiger partial charge in [-0.2, -0.15) is 11.8 Å². The van der Waals surface area contributed by atoms with Gasteiger partial charge in [-0.3, -0.25) is 4.98 Å². The highest BCUT2D eigenvalue weighted by Gasteiger charge is 2.01. The van der Waals surface area contributed by atoms with E-state index in [0.717, 1.165) is 11.6 Å². The zero-order chi connectivity index (χ0) is 8.10. The molecule has 0 saturated heterocycles. The van der Waals surface area contributed by atoms with Crippen molar-refractivity contribution >= 4 is 34.7 Å². The van der Waals surface area contributed by atoms with Gasteiger partial charge in [0.1, 0.15) is 0 Å². The van der Waals surface area contributed by atoms with Crippen LogP contribution in [0.3, 0.4) is 0 Å². The first-order valence-electron chi connectivity index (χ1n) is 3.38. The van der Waals surface area contributed by atoms with Gasteiger partial charge in [0.2, 0.25) is 0 Å². The molecule has 0 aliphatic rings. The maximum Gasteiger partial charge on any atom is 0.0794 e. The summed E-state index contributed by atoms with van der Waals surface area (Å²) in [5.41, 5.74) is 1.86. The van der Waals surface area contributed by atoms with Gasteiger partial charge in [0.25, 0.3) is 0 Å². The number of hydrogen-bond acceptors (Lipinski definition) is 3. The Balaban J connectivity index is 2.23. The zero-order valence-corrected chi connectivity index (χ0v) is 8.68. The van der Waals surface area contributed by atoms with Gasteiger partial charge in [0, 0.05) is 28.0 Å². The molecule has 0 bridgehead atoms. The molecule has 4 heteroatoms. The third kappa shape index (κ3) is 3.45. The van der Waals surface area contributed by atoms with Gasteiger partial charge in [0.15, 0.2) is 0 Å². The van der Waals surface area contributed by atoms with Gasteiger partial charge in [-0.15, -0.1) is 22.9 Å². The molecular weight excluding hydrogens is 198 g/mol. The Morgan fingerprint density at radius 3 is 3.18 bits per heavy atom. The highest BCUT2D eigenvalue weighted by atomic mass is 35.5. The molecule has 1 nitrogen and oxygen atoms in total. The SMILES string of the molecule is CC(CCl)SCc1cncs1. The molecule has 1 atom stereocenters. The minimum atomic E-state index is 0.541. The summed E-state index contributed by atoms with van der Waals surface area (Å²) in [5, 5.41) is 0.541. The first-order valence-corrected chi connectivity index (χ1v) is 5.84. The van der Waals surface area contributed by atoms with Crippen LogP contribution in [0.15, 0.2) is 11.7 Å². The van der Waals surface area contributed by atoms with Gasteiger partial charge >= 0.3 is 0 Å². The van der Waals surface area contributed by atoms with E-state index >= 15 is 0 Å². The Kier molecular flexibility index (Phi) is 4.26. The average molecular weight is 208 g/mol. The van der Waals surface area contributed by atoms with E-state index in [1.165, 1.54) is 4.88 Å². The van der Waals surface area contributed by atoms with Crippen LogP contribution in [0, 0.1) is 0 Å². The molecule has 11 heavy (non-hydrogen) atoms. The maximum atomic E-state index is 5.66. The quantitative estimate of drug-likeness (QED) is 0.705. The topological polar surface area (TPSA) is 12.9 Å². The molecule has 0 fully saturated rings. The van der Waals surface area contributed by atoms with Crippen LogP contribution in [0.25, 0.3) is 0 Å². The van der Waals surface area contributed by atoms with Gasteiger partial charge in [-0.25, -0.2) is 0 Å². The predicted octanol–water partition coefficient (Wildman–Crippen LogP) is 3.00. The molecule has 0 aliphatic heterocycles. The number of aromatic nitrogens is 1. The molecule has 0 radical (unpaired) electrons. The number of thiazole rings is 1. The summed E-state index contributed by atoms with van der Waals surface area (Å²) in [7, 11) is 0. The van der Waals surface area contributed by atoms with Crippen LogP contribution < -0.4 is 0 Å². The van der Waals surface area contributed by atoms with E-state index in [9.17, 15) is 0 Å². The summed E-state index contributed by atoms with van der Waals surface area (Å²) in [6.07, 6.45) is 1.92. The fraction of sp³-hybridized carbons (Fsp3) is 0.571. The minimum Gasteiger partial charge on any atom is -0.253 e. The summed E-state index contributed by atoms with van der Waals surface area (Å²) < 4.78 is 0. The van der Waals surface area contributed by atoms with E-state index in [0.29, 0.717) is 5.25 Å². The fourth-order valence-corrected chi connectivity index (χ4v) is 2.32. The van der Waals surface area contributed by atoms with Crippen LogP contribution in [0.2, 0.25) is 0 Å². The van der Waals surface area contributed by atoms with Crippen LogP contribution in [0.5, 0.6) is 0 Å². The lowest BCUT2D eigenvalue weighted by Gasteiger charge is -2.03. The number of rotatable bonds is 4. The van der Waals surface area contributed by atoms with Crippen molar-refractivity contribution in [2.45, 2.75) is 17.9 Å². The van der Waals surface area contributed by atoms with E-state index in [2.05, 4.69) is 11.9 Å². The first-order chi connectivity index (χ1) is 5.33. The first kappa shape index (κ1) is 9.36. The summed E-state index contributed by atoms with van der Waals surface area (Å²) in [5.74, 6) is 1.77. The molecule has 0 aliphatic carbocycles. The summed E-state index contributed by atoms with van der Waals surface area (Å²) in [4.78, 5) is 5.32. The second-order valence-electron chi connectivity index (χ2n) is 2.24. The summed E-state index contributed by atoms with van der Waals surface area (Å²) in [6, 6.07) is 0. The molecular formula is C7H10ClNS2. The largest absolute Gasteiger partial charge is 0.253 e. The van der Waals surface area contributed by atoms with Crippen molar-refractivity contribution in [2.24, 2.45) is 0 Å². The molecule has 1 aromatic heterocycles. The van der Waals surface area contributed by atoms with Crippen molar-refractivity contribution in [3.05, 3.63) is 16.6 Å². The van der Waals surface area contributed by atoms with Crippen molar-refractivity contribution in [1.29, 1.82) is 0 Å². The molecule has 0 saturated carbocycles. The Morgan fingerprint density at radius 2 is 2.64 bits per heavy atom. The van der Waals surface area contributed by atoms with Gasteiger partial charge in [0.05, 0.1) is 5.51 Å². The van der Waals surface area contributed by atoms with Gasteiger partial charge < -0.3 is 0 Å². The second-order valence-corrected chi connectivity index (χ2v) is 4.95. The second kappa shape index (κ2) is 5.01. The monoisotopic (exact) mass is 207 g/mol. The third-order valence-electron chi connectivity index (χ3n) is 1.21. The van der Waals surface area contributed by atoms with Gasteiger partial charge in [-0.05, 0) is 0 Å². The van der Waals surface area contributed by atoms with Crippen molar-refractivity contribution < 1.29 is 0 Å². The standard InChI is InChI=1S/C7H10ClNS2/c1-6(2-8)10-4-7-3-9-5-11-7/h3,5-6H,2,4H2,1H3. The molecule has 0 amide bonds. The van der Waals surface area contributed by atoms with E-state index in [1.54, 1.807) is 11.3 Å². The van der Waals surface area contributed by atoms with E-state index in [1.807, 2.05) is 23.5 Å². The number of hydrogen-bond donors (Lipinski definition) is 0. The smallest absolute Gasteiger partial charge is 0.0794 e. The van der Waals surface area contributed by atoms with Crippen molar-refractivity contribution in [2.75, 3.05) is 5.88 Å². The Morgan fingerprint density at radius 1 is 1.82 bits per heavy atom. The zero-order valence-electron chi connectivity index (χ0n) is 6.29. The van der Waals surface area contributed by atoms with Gasteiger partial charge in [-0.1, -0.05) is 6.92 Å². The highest BCUT2D eigenvalue weighted by Crippen LogP contribution is 2.20. The molecule has 0 aromatic carbocycles. The number of thioether (sulfide) groups is 1. The highest BCUT2D eigenvalue weighted by molar-refractivity contribution is 7.99. The van der Waals surface area contributed by atoms with Crippen LogP contribution in [-0.4, -0.2) is 16.1 Å². The number of nitrogens with zero attached hydrogens (tertiary/aromatic N) is 1. The molecule has 1 aromatic rings. The minimum absolute atomic E-state index is 0.541. The van der Waals surface area contributed by atoms with E-state index < -0.39 is 0 Å².